The van der Waals surface area contributed by atoms with Crippen molar-refractivity contribution in [2.75, 3.05) is 53.0 Å². The lowest BCUT2D eigenvalue weighted by Gasteiger charge is -2.39. The second-order valence-corrected chi connectivity index (χ2v) is 11.0. The Labute approximate surface area is 240 Å². The summed E-state index contributed by atoms with van der Waals surface area (Å²) in [5.74, 6) is 2.89. The second-order valence-electron chi connectivity index (χ2n) is 11.0. The van der Waals surface area contributed by atoms with Crippen LogP contribution in [-0.4, -0.2) is 79.6 Å². The lowest BCUT2D eigenvalue weighted by Crippen LogP contribution is -2.48. The Bertz CT molecular complexity index is 1390. The third kappa shape index (κ3) is 6.62. The molecule has 3 aromatic rings. The Morgan fingerprint density at radius 1 is 0.976 bits per heavy atom. The summed E-state index contributed by atoms with van der Waals surface area (Å²) in [5.41, 5.74) is 4.03. The Hall–Kier alpha value is -4.11. The Kier molecular flexibility index (Phi) is 8.04. The number of nitrogens with zero attached hydrogens (tertiary/aromatic N) is 3. The molecule has 9 heteroatoms. The van der Waals surface area contributed by atoms with Gasteiger partial charge < -0.3 is 24.4 Å². The van der Waals surface area contributed by atoms with Gasteiger partial charge in [0, 0.05) is 50.9 Å². The van der Waals surface area contributed by atoms with E-state index in [9.17, 15) is 9.59 Å². The molecule has 2 aromatic carbocycles. The van der Waals surface area contributed by atoms with Crippen LogP contribution >= 0.6 is 0 Å². The summed E-state index contributed by atoms with van der Waals surface area (Å²) in [5, 5.41) is 2.82. The summed E-state index contributed by atoms with van der Waals surface area (Å²) >= 11 is 0. The smallest absolute Gasteiger partial charge is 0.272 e. The first-order valence-electron chi connectivity index (χ1n) is 14.3. The molecule has 1 aromatic heterocycles. The molecular weight excluding hydrogens is 520 g/mol. The predicted molar refractivity (Wildman–Crippen MR) is 154 cm³/mol. The maximum atomic E-state index is 13.1. The monoisotopic (exact) mass is 556 g/mol. The van der Waals surface area contributed by atoms with Gasteiger partial charge in [0.1, 0.15) is 24.7 Å². The number of benzene rings is 2. The first-order chi connectivity index (χ1) is 20.1. The lowest BCUT2D eigenvalue weighted by atomic mass is 9.91. The highest BCUT2D eigenvalue weighted by atomic mass is 16.5. The molecule has 1 N–H and O–H groups in total. The van der Waals surface area contributed by atoms with Crippen LogP contribution in [0.1, 0.15) is 51.9 Å². The van der Waals surface area contributed by atoms with Crippen molar-refractivity contribution in [3.05, 3.63) is 83.2 Å². The number of likely N-dealkylation sites (tertiary alicyclic amines) is 1. The van der Waals surface area contributed by atoms with E-state index in [1.54, 1.807) is 30.3 Å². The van der Waals surface area contributed by atoms with E-state index in [2.05, 4.69) is 40.6 Å². The third-order valence-corrected chi connectivity index (χ3v) is 7.99. The maximum Gasteiger partial charge on any atom is 0.272 e. The van der Waals surface area contributed by atoms with Crippen LogP contribution in [0.3, 0.4) is 0 Å². The van der Waals surface area contributed by atoms with Gasteiger partial charge in [0.2, 0.25) is 5.91 Å². The van der Waals surface area contributed by atoms with Gasteiger partial charge in [-0.25, -0.2) is 0 Å². The molecule has 3 aliphatic rings. The van der Waals surface area contributed by atoms with Crippen molar-refractivity contribution < 1.29 is 23.8 Å². The van der Waals surface area contributed by atoms with Crippen LogP contribution in [0.25, 0.3) is 0 Å². The zero-order valence-corrected chi connectivity index (χ0v) is 23.4. The molecule has 1 aliphatic carbocycles. The minimum Gasteiger partial charge on any atom is -0.493 e. The van der Waals surface area contributed by atoms with Crippen LogP contribution in [0, 0.1) is 0 Å². The SMILES string of the molecule is COc1cc(C2CN(C(=O)c3cc(OCCN4CCNC(=O)C4)ccn3)C2)ccc1OCc1ccc(C2CC2)cc1. The van der Waals surface area contributed by atoms with E-state index in [1.807, 2.05) is 17.0 Å². The van der Waals surface area contributed by atoms with Gasteiger partial charge in [0.25, 0.3) is 5.91 Å². The van der Waals surface area contributed by atoms with Crippen molar-refractivity contribution in [3.63, 3.8) is 0 Å². The average Bonchev–Trinajstić information content (AvgIpc) is 3.82. The summed E-state index contributed by atoms with van der Waals surface area (Å²) in [6.45, 7) is 4.63. The zero-order valence-electron chi connectivity index (χ0n) is 23.4. The van der Waals surface area contributed by atoms with Crippen LogP contribution in [0.2, 0.25) is 0 Å². The standard InChI is InChI=1S/C32H36N4O5/c1-39-30-16-25(8-9-29(30)41-21-22-2-4-23(5-3-22)24-6-7-24)26-18-36(19-26)32(38)28-17-27(10-11-33-28)40-15-14-35-13-12-34-31(37)20-35/h2-5,8-11,16-17,24,26H,6-7,12-15,18-21H2,1H3,(H,34,37). The summed E-state index contributed by atoms with van der Waals surface area (Å²) < 4.78 is 17.6. The zero-order chi connectivity index (χ0) is 28.2. The van der Waals surface area contributed by atoms with Crippen LogP contribution < -0.4 is 19.5 Å². The van der Waals surface area contributed by atoms with Crippen molar-refractivity contribution in [2.45, 2.75) is 31.3 Å². The fraction of sp³-hybridized carbons (Fsp3) is 0.406. The molecule has 41 heavy (non-hydrogen) atoms. The quantitative estimate of drug-likeness (QED) is 0.386. The highest BCUT2D eigenvalue weighted by Crippen LogP contribution is 2.40. The first kappa shape index (κ1) is 27.1. The maximum absolute atomic E-state index is 13.1. The first-order valence-corrected chi connectivity index (χ1v) is 14.3. The molecule has 2 aliphatic heterocycles. The van der Waals surface area contributed by atoms with E-state index in [0.29, 0.717) is 68.9 Å². The number of rotatable bonds is 11. The number of carbonyl (C=O) groups excluding carboxylic acids is 2. The molecule has 2 amide bonds. The number of carbonyl (C=O) groups is 2. The van der Waals surface area contributed by atoms with Gasteiger partial charge in [0.15, 0.2) is 11.5 Å². The average molecular weight is 557 g/mol. The number of methoxy groups -OCH3 is 1. The van der Waals surface area contributed by atoms with Crippen LogP contribution in [0.5, 0.6) is 17.2 Å². The summed E-state index contributed by atoms with van der Waals surface area (Å²) in [7, 11) is 1.65. The summed E-state index contributed by atoms with van der Waals surface area (Å²) in [4.78, 5) is 32.7. The molecular formula is C32H36N4O5. The Morgan fingerprint density at radius 3 is 2.54 bits per heavy atom. The molecule has 2 saturated heterocycles. The van der Waals surface area contributed by atoms with Crippen molar-refractivity contribution in [2.24, 2.45) is 0 Å². The van der Waals surface area contributed by atoms with Crippen LogP contribution in [0.4, 0.5) is 0 Å². The van der Waals surface area contributed by atoms with E-state index in [1.165, 1.54) is 18.4 Å². The molecule has 0 atom stereocenters. The van der Waals surface area contributed by atoms with E-state index in [0.717, 1.165) is 23.6 Å². The molecule has 6 rings (SSSR count). The van der Waals surface area contributed by atoms with E-state index in [4.69, 9.17) is 14.2 Å². The van der Waals surface area contributed by atoms with Gasteiger partial charge in [-0.15, -0.1) is 0 Å². The number of amides is 2. The fourth-order valence-electron chi connectivity index (χ4n) is 5.33. The molecule has 0 bridgehead atoms. The van der Waals surface area contributed by atoms with Gasteiger partial charge in [-0.1, -0.05) is 30.3 Å². The molecule has 3 heterocycles. The number of aromatic nitrogens is 1. The largest absolute Gasteiger partial charge is 0.493 e. The van der Waals surface area contributed by atoms with Gasteiger partial charge >= 0.3 is 0 Å². The second kappa shape index (κ2) is 12.2. The highest BCUT2D eigenvalue weighted by molar-refractivity contribution is 5.93. The molecule has 0 spiro atoms. The van der Waals surface area contributed by atoms with Crippen molar-refractivity contribution in [1.82, 2.24) is 20.1 Å². The van der Waals surface area contributed by atoms with E-state index < -0.39 is 0 Å². The van der Waals surface area contributed by atoms with Crippen molar-refractivity contribution in [3.8, 4) is 17.2 Å². The highest BCUT2D eigenvalue weighted by Gasteiger charge is 2.33. The van der Waals surface area contributed by atoms with Crippen LogP contribution in [-0.2, 0) is 11.4 Å². The van der Waals surface area contributed by atoms with Gasteiger partial charge in [-0.05, 0) is 53.6 Å². The third-order valence-electron chi connectivity index (χ3n) is 7.99. The molecule has 3 fully saturated rings. The minimum atomic E-state index is -0.112. The number of nitrogens with one attached hydrogen (secondary N) is 1. The molecule has 0 unspecified atom stereocenters. The minimum absolute atomic E-state index is 0.0357. The van der Waals surface area contributed by atoms with Gasteiger partial charge in [-0.2, -0.15) is 0 Å². The van der Waals surface area contributed by atoms with Gasteiger partial charge in [-0.3, -0.25) is 19.5 Å². The fourth-order valence-corrected chi connectivity index (χ4v) is 5.33. The molecule has 214 valence electrons. The van der Waals surface area contributed by atoms with E-state index >= 15 is 0 Å². The topological polar surface area (TPSA) is 93.2 Å². The summed E-state index contributed by atoms with van der Waals surface area (Å²) in [6.07, 6.45) is 4.20. The predicted octanol–water partition coefficient (Wildman–Crippen LogP) is 3.60. The Morgan fingerprint density at radius 2 is 1.78 bits per heavy atom. The van der Waals surface area contributed by atoms with Crippen LogP contribution in [0.15, 0.2) is 60.8 Å². The summed E-state index contributed by atoms with van der Waals surface area (Å²) in [6, 6.07) is 18.1. The molecule has 0 radical (unpaired) electrons. The Balaban J connectivity index is 0.992. The van der Waals surface area contributed by atoms with Gasteiger partial charge in [0.05, 0.1) is 13.7 Å². The number of hydrogen-bond donors (Lipinski definition) is 1. The number of hydrogen-bond acceptors (Lipinski definition) is 7. The number of piperazine rings is 1. The molecule has 9 nitrogen and oxygen atoms in total. The normalized spacial score (nSPS) is 17.5. The van der Waals surface area contributed by atoms with E-state index in [-0.39, 0.29) is 17.7 Å². The van der Waals surface area contributed by atoms with Crippen molar-refractivity contribution >= 4 is 11.8 Å². The number of pyridine rings is 1. The lowest BCUT2D eigenvalue weighted by molar-refractivity contribution is -0.124. The van der Waals surface area contributed by atoms with Crippen molar-refractivity contribution in [1.29, 1.82) is 0 Å². The molecule has 1 saturated carbocycles. The number of ether oxygens (including phenoxy) is 3.